The quantitative estimate of drug-likeness (QED) is 0.731. The van der Waals surface area contributed by atoms with Crippen LogP contribution in [0.4, 0.5) is 0 Å². The lowest BCUT2D eigenvalue weighted by Gasteiger charge is -2.22. The SMILES string of the molecule is CC.Oc1ccc(-c2cc(C3CCCCC3)ccc2O)cc1. The number of hydrogen-bond donors (Lipinski definition) is 2. The molecule has 0 bridgehead atoms. The molecule has 118 valence electrons. The van der Waals surface area contributed by atoms with Gasteiger partial charge in [0.1, 0.15) is 11.5 Å². The molecule has 0 heterocycles. The summed E-state index contributed by atoms with van der Waals surface area (Å²) in [4.78, 5) is 0. The van der Waals surface area contributed by atoms with E-state index in [9.17, 15) is 10.2 Å². The summed E-state index contributed by atoms with van der Waals surface area (Å²) in [5, 5.41) is 19.5. The monoisotopic (exact) mass is 298 g/mol. The number of phenols is 2. The van der Waals surface area contributed by atoms with E-state index in [0.29, 0.717) is 11.7 Å². The molecule has 2 nitrogen and oxygen atoms in total. The fourth-order valence-corrected chi connectivity index (χ4v) is 3.12. The van der Waals surface area contributed by atoms with Gasteiger partial charge < -0.3 is 10.2 Å². The molecule has 0 unspecified atom stereocenters. The number of aromatic hydroxyl groups is 2. The van der Waals surface area contributed by atoms with Crippen molar-refractivity contribution in [2.45, 2.75) is 51.9 Å². The molecule has 2 N–H and O–H groups in total. The summed E-state index contributed by atoms with van der Waals surface area (Å²) in [7, 11) is 0. The Labute approximate surface area is 133 Å². The van der Waals surface area contributed by atoms with Gasteiger partial charge in [0.25, 0.3) is 0 Å². The van der Waals surface area contributed by atoms with Crippen molar-refractivity contribution in [2.24, 2.45) is 0 Å². The van der Waals surface area contributed by atoms with Crippen molar-refractivity contribution >= 4 is 0 Å². The lowest BCUT2D eigenvalue weighted by molar-refractivity contribution is 0.442. The highest BCUT2D eigenvalue weighted by Gasteiger charge is 2.17. The van der Waals surface area contributed by atoms with Crippen molar-refractivity contribution in [1.82, 2.24) is 0 Å². The fourth-order valence-electron chi connectivity index (χ4n) is 3.12. The van der Waals surface area contributed by atoms with Crippen molar-refractivity contribution < 1.29 is 10.2 Å². The van der Waals surface area contributed by atoms with E-state index in [0.717, 1.165) is 11.1 Å². The molecule has 0 aromatic heterocycles. The first kappa shape index (κ1) is 16.4. The first-order valence-electron chi connectivity index (χ1n) is 8.36. The zero-order chi connectivity index (χ0) is 15.9. The number of rotatable bonds is 2. The Hall–Kier alpha value is -1.96. The highest BCUT2D eigenvalue weighted by molar-refractivity contribution is 5.71. The molecule has 2 aromatic rings. The maximum atomic E-state index is 10.1. The van der Waals surface area contributed by atoms with E-state index in [4.69, 9.17) is 0 Å². The predicted molar refractivity (Wildman–Crippen MR) is 92.4 cm³/mol. The minimum Gasteiger partial charge on any atom is -0.508 e. The van der Waals surface area contributed by atoms with E-state index >= 15 is 0 Å². The van der Waals surface area contributed by atoms with E-state index in [1.54, 1.807) is 18.2 Å². The Morgan fingerprint density at radius 3 is 2.09 bits per heavy atom. The summed E-state index contributed by atoms with van der Waals surface area (Å²) in [5.74, 6) is 1.17. The van der Waals surface area contributed by atoms with Gasteiger partial charge in [0.15, 0.2) is 0 Å². The Kier molecular flexibility index (Phi) is 5.88. The maximum Gasteiger partial charge on any atom is 0.123 e. The van der Waals surface area contributed by atoms with Gasteiger partial charge in [-0.1, -0.05) is 51.3 Å². The van der Waals surface area contributed by atoms with Gasteiger partial charge in [0.2, 0.25) is 0 Å². The molecule has 1 aliphatic rings. The average molecular weight is 298 g/mol. The molecular weight excluding hydrogens is 272 g/mol. The zero-order valence-corrected chi connectivity index (χ0v) is 13.5. The third-order valence-corrected chi connectivity index (χ3v) is 4.28. The van der Waals surface area contributed by atoms with Gasteiger partial charge in [-0.2, -0.15) is 0 Å². The van der Waals surface area contributed by atoms with E-state index in [1.165, 1.54) is 37.7 Å². The Bertz CT molecular complexity index is 581. The summed E-state index contributed by atoms with van der Waals surface area (Å²) in [6.07, 6.45) is 6.46. The van der Waals surface area contributed by atoms with Crippen LogP contribution >= 0.6 is 0 Å². The number of benzene rings is 2. The van der Waals surface area contributed by atoms with Crippen LogP contribution in [0.2, 0.25) is 0 Å². The van der Waals surface area contributed by atoms with Gasteiger partial charge in [-0.05, 0) is 54.2 Å². The molecule has 0 amide bonds. The van der Waals surface area contributed by atoms with E-state index < -0.39 is 0 Å². The van der Waals surface area contributed by atoms with Crippen molar-refractivity contribution in [3.63, 3.8) is 0 Å². The summed E-state index contributed by atoms with van der Waals surface area (Å²) < 4.78 is 0. The van der Waals surface area contributed by atoms with Crippen LogP contribution < -0.4 is 0 Å². The molecule has 0 saturated heterocycles. The normalized spacial score (nSPS) is 15.0. The minimum absolute atomic E-state index is 0.247. The molecule has 1 fully saturated rings. The molecular formula is C20H26O2. The second-order valence-electron chi connectivity index (χ2n) is 5.66. The van der Waals surface area contributed by atoms with Crippen LogP contribution in [0, 0.1) is 0 Å². The van der Waals surface area contributed by atoms with E-state index in [-0.39, 0.29) is 5.75 Å². The summed E-state index contributed by atoms with van der Waals surface area (Å²) in [6, 6.07) is 13.0. The Morgan fingerprint density at radius 2 is 1.45 bits per heavy atom. The average Bonchev–Trinajstić information content (AvgIpc) is 2.59. The highest BCUT2D eigenvalue weighted by Crippen LogP contribution is 2.37. The summed E-state index contributed by atoms with van der Waals surface area (Å²) in [5.41, 5.74) is 3.12. The van der Waals surface area contributed by atoms with Gasteiger partial charge in [-0.3, -0.25) is 0 Å². The van der Waals surface area contributed by atoms with Crippen LogP contribution in [0.15, 0.2) is 42.5 Å². The molecule has 0 spiro atoms. The zero-order valence-electron chi connectivity index (χ0n) is 13.5. The third kappa shape index (κ3) is 3.82. The van der Waals surface area contributed by atoms with Crippen LogP contribution in [-0.4, -0.2) is 10.2 Å². The van der Waals surface area contributed by atoms with Crippen LogP contribution in [0.3, 0.4) is 0 Å². The molecule has 0 atom stereocenters. The predicted octanol–water partition coefficient (Wildman–Crippen LogP) is 5.84. The van der Waals surface area contributed by atoms with E-state index in [1.807, 2.05) is 26.0 Å². The van der Waals surface area contributed by atoms with Gasteiger partial charge in [0, 0.05) is 5.56 Å². The topological polar surface area (TPSA) is 40.5 Å². The van der Waals surface area contributed by atoms with Gasteiger partial charge in [-0.25, -0.2) is 0 Å². The van der Waals surface area contributed by atoms with E-state index in [2.05, 4.69) is 12.1 Å². The van der Waals surface area contributed by atoms with Gasteiger partial charge >= 0.3 is 0 Å². The van der Waals surface area contributed by atoms with Gasteiger partial charge in [-0.15, -0.1) is 0 Å². The third-order valence-electron chi connectivity index (χ3n) is 4.28. The second kappa shape index (κ2) is 7.88. The summed E-state index contributed by atoms with van der Waals surface area (Å²) >= 11 is 0. The highest BCUT2D eigenvalue weighted by atomic mass is 16.3. The first-order valence-corrected chi connectivity index (χ1v) is 8.36. The molecule has 3 rings (SSSR count). The Morgan fingerprint density at radius 1 is 0.818 bits per heavy atom. The number of hydrogen-bond acceptors (Lipinski definition) is 2. The van der Waals surface area contributed by atoms with Crippen molar-refractivity contribution in [2.75, 3.05) is 0 Å². The van der Waals surface area contributed by atoms with Crippen molar-refractivity contribution in [3.8, 4) is 22.6 Å². The number of phenolic OH excluding ortho intramolecular Hbond substituents is 2. The molecule has 1 saturated carbocycles. The minimum atomic E-state index is 0.247. The molecule has 1 aliphatic carbocycles. The lowest BCUT2D eigenvalue weighted by atomic mass is 9.83. The molecule has 22 heavy (non-hydrogen) atoms. The van der Waals surface area contributed by atoms with Gasteiger partial charge in [0.05, 0.1) is 0 Å². The maximum absolute atomic E-state index is 10.1. The largest absolute Gasteiger partial charge is 0.508 e. The van der Waals surface area contributed by atoms with Crippen LogP contribution in [-0.2, 0) is 0 Å². The smallest absolute Gasteiger partial charge is 0.123 e. The molecule has 2 heteroatoms. The standard InChI is InChI=1S/C18H20O2.C2H6/c19-16-9-6-14(7-10-16)17-12-15(8-11-18(17)20)13-4-2-1-3-5-13;1-2/h6-13,19-20H,1-5H2;1-2H3. The first-order chi connectivity index (χ1) is 10.7. The van der Waals surface area contributed by atoms with Crippen LogP contribution in [0.25, 0.3) is 11.1 Å². The summed E-state index contributed by atoms with van der Waals surface area (Å²) in [6.45, 7) is 4.00. The lowest BCUT2D eigenvalue weighted by Crippen LogP contribution is -2.04. The molecule has 0 radical (unpaired) electrons. The molecule has 0 aliphatic heterocycles. The Balaban J connectivity index is 0.000000847. The van der Waals surface area contributed by atoms with Crippen molar-refractivity contribution in [3.05, 3.63) is 48.0 Å². The van der Waals surface area contributed by atoms with Crippen molar-refractivity contribution in [1.29, 1.82) is 0 Å². The van der Waals surface area contributed by atoms with Crippen LogP contribution in [0.1, 0.15) is 57.4 Å². The fraction of sp³-hybridized carbons (Fsp3) is 0.400. The molecule has 2 aromatic carbocycles. The second-order valence-corrected chi connectivity index (χ2v) is 5.66. The van der Waals surface area contributed by atoms with Crippen LogP contribution in [0.5, 0.6) is 11.5 Å².